The van der Waals surface area contributed by atoms with Gasteiger partial charge in [-0.05, 0) is 49.6 Å². The lowest BCUT2D eigenvalue weighted by atomic mass is 10.1. The van der Waals surface area contributed by atoms with Crippen LogP contribution < -0.4 is 24.3 Å². The van der Waals surface area contributed by atoms with Gasteiger partial charge in [-0.3, -0.25) is 4.79 Å². The number of carbonyl (C=O) groups is 2. The zero-order valence-corrected chi connectivity index (χ0v) is 26.0. The lowest BCUT2D eigenvalue weighted by Crippen LogP contribution is -2.45. The third kappa shape index (κ3) is 9.56. The molecular formula is C31H41N3O7S. The highest BCUT2D eigenvalue weighted by atomic mass is 32.1. The lowest BCUT2D eigenvalue weighted by Gasteiger charge is -2.28. The van der Waals surface area contributed by atoms with Crippen molar-refractivity contribution >= 4 is 29.0 Å². The molecule has 0 fully saturated rings. The minimum atomic E-state index is -0.401. The Morgan fingerprint density at radius 2 is 1.52 bits per heavy atom. The van der Waals surface area contributed by atoms with Crippen molar-refractivity contribution in [2.45, 2.75) is 26.3 Å². The van der Waals surface area contributed by atoms with Crippen LogP contribution in [0.5, 0.6) is 23.0 Å². The van der Waals surface area contributed by atoms with Crippen molar-refractivity contribution in [3.63, 3.8) is 0 Å². The van der Waals surface area contributed by atoms with Crippen molar-refractivity contribution in [3.8, 4) is 23.0 Å². The molecule has 0 saturated heterocycles. The number of hydrogen-bond acceptors (Lipinski definition) is 8. The Balaban J connectivity index is 1.79. The van der Waals surface area contributed by atoms with Crippen molar-refractivity contribution < 1.29 is 33.3 Å². The quantitative estimate of drug-likeness (QED) is 0.225. The van der Waals surface area contributed by atoms with Crippen LogP contribution in [-0.4, -0.2) is 83.5 Å². The van der Waals surface area contributed by atoms with Crippen molar-refractivity contribution in [1.82, 2.24) is 9.80 Å². The number of methoxy groups -OCH3 is 5. The minimum Gasteiger partial charge on any atom is -0.497 e. The summed E-state index contributed by atoms with van der Waals surface area (Å²) in [6.45, 7) is 3.67. The van der Waals surface area contributed by atoms with E-state index in [0.29, 0.717) is 67.8 Å². The molecule has 0 aliphatic rings. The second-order valence-electron chi connectivity index (χ2n) is 9.57. The molecule has 0 radical (unpaired) electrons. The lowest BCUT2D eigenvalue weighted by molar-refractivity contribution is -0.132. The van der Waals surface area contributed by atoms with E-state index in [2.05, 4.69) is 5.32 Å². The first kappa shape index (κ1) is 32.6. The van der Waals surface area contributed by atoms with Crippen molar-refractivity contribution in [2.24, 2.45) is 0 Å². The van der Waals surface area contributed by atoms with Crippen LogP contribution in [-0.2, 0) is 22.5 Å². The van der Waals surface area contributed by atoms with Gasteiger partial charge in [-0.25, -0.2) is 4.79 Å². The fourth-order valence-electron chi connectivity index (χ4n) is 4.35. The van der Waals surface area contributed by atoms with Crippen LogP contribution in [0.2, 0.25) is 0 Å². The van der Waals surface area contributed by atoms with Crippen LogP contribution in [0.3, 0.4) is 0 Å². The average molecular weight is 600 g/mol. The molecule has 0 unspecified atom stereocenters. The van der Waals surface area contributed by atoms with Crippen molar-refractivity contribution in [1.29, 1.82) is 0 Å². The number of carbonyl (C=O) groups excluding carboxylic acids is 2. The number of aryl methyl sites for hydroxylation is 1. The molecule has 1 N–H and O–H groups in total. The van der Waals surface area contributed by atoms with Crippen LogP contribution in [0.1, 0.15) is 21.7 Å². The van der Waals surface area contributed by atoms with Gasteiger partial charge in [0.25, 0.3) is 0 Å². The molecule has 3 rings (SSSR count). The maximum atomic E-state index is 13.8. The Labute approximate surface area is 252 Å². The normalized spacial score (nSPS) is 10.6. The predicted octanol–water partition coefficient (Wildman–Crippen LogP) is 5.23. The second kappa shape index (κ2) is 16.5. The van der Waals surface area contributed by atoms with E-state index >= 15 is 0 Å². The molecule has 0 atom stereocenters. The number of thiophene rings is 1. The molecular weight excluding hydrogens is 558 g/mol. The number of rotatable bonds is 16. The van der Waals surface area contributed by atoms with Crippen LogP contribution in [0, 0.1) is 6.92 Å². The van der Waals surface area contributed by atoms with Gasteiger partial charge >= 0.3 is 6.03 Å². The maximum absolute atomic E-state index is 13.8. The molecule has 1 aromatic heterocycles. The van der Waals surface area contributed by atoms with Gasteiger partial charge in [0.2, 0.25) is 5.91 Å². The summed E-state index contributed by atoms with van der Waals surface area (Å²) in [5, 5.41) is 2.89. The summed E-state index contributed by atoms with van der Waals surface area (Å²) < 4.78 is 26.7. The molecule has 0 saturated carbocycles. The molecule has 228 valence electrons. The first-order valence-electron chi connectivity index (χ1n) is 13.6. The average Bonchev–Trinajstić information content (AvgIpc) is 3.42. The zero-order chi connectivity index (χ0) is 30.5. The number of nitrogens with one attached hydrogen (secondary N) is 1. The first-order chi connectivity index (χ1) is 20.3. The number of amides is 3. The van der Waals surface area contributed by atoms with Crippen LogP contribution in [0.25, 0.3) is 0 Å². The molecule has 0 bridgehead atoms. The van der Waals surface area contributed by atoms with E-state index in [1.54, 1.807) is 70.0 Å². The van der Waals surface area contributed by atoms with E-state index in [0.717, 1.165) is 10.4 Å². The molecule has 10 nitrogen and oxygen atoms in total. The number of ether oxygens (including phenoxy) is 5. The summed E-state index contributed by atoms with van der Waals surface area (Å²) in [6, 6.07) is 14.5. The summed E-state index contributed by atoms with van der Waals surface area (Å²) in [4.78, 5) is 32.8. The van der Waals surface area contributed by atoms with Crippen molar-refractivity contribution in [2.75, 3.05) is 67.1 Å². The largest absolute Gasteiger partial charge is 0.497 e. The Kier molecular flexibility index (Phi) is 12.8. The zero-order valence-electron chi connectivity index (χ0n) is 25.2. The van der Waals surface area contributed by atoms with E-state index in [9.17, 15) is 9.59 Å². The Morgan fingerprint density at radius 3 is 2.12 bits per heavy atom. The highest BCUT2D eigenvalue weighted by Gasteiger charge is 2.23. The van der Waals surface area contributed by atoms with Crippen LogP contribution in [0.15, 0.2) is 48.5 Å². The maximum Gasteiger partial charge on any atom is 0.322 e. The molecule has 42 heavy (non-hydrogen) atoms. The molecule has 0 aliphatic heterocycles. The van der Waals surface area contributed by atoms with Crippen LogP contribution >= 0.6 is 11.3 Å². The number of anilines is 1. The van der Waals surface area contributed by atoms with E-state index in [4.69, 9.17) is 23.7 Å². The fraction of sp³-hybridized carbons (Fsp3) is 0.419. The van der Waals surface area contributed by atoms with Gasteiger partial charge in [0.05, 0.1) is 35.0 Å². The minimum absolute atomic E-state index is 0.0903. The van der Waals surface area contributed by atoms with Crippen LogP contribution in [0.4, 0.5) is 10.5 Å². The standard InChI is InChI=1S/C31H41N3O7S/c1-22-8-10-27(42-22)20-33(14-12-23-9-11-28(40-5)29(16-23)41-6)30(35)21-34(13-7-15-37-2)31(36)32-24-17-25(38-3)19-26(18-24)39-4/h8-11,16-19H,7,12-15,20-21H2,1-6H3,(H,32,36). The predicted molar refractivity (Wildman–Crippen MR) is 164 cm³/mol. The van der Waals surface area contributed by atoms with Gasteiger partial charge in [0.15, 0.2) is 11.5 Å². The smallest absolute Gasteiger partial charge is 0.322 e. The summed E-state index contributed by atoms with van der Waals surface area (Å²) in [5.41, 5.74) is 1.51. The van der Waals surface area contributed by atoms with Gasteiger partial charge in [0.1, 0.15) is 18.0 Å². The summed E-state index contributed by atoms with van der Waals surface area (Å²) in [7, 11) is 7.89. The number of hydrogen-bond donors (Lipinski definition) is 1. The summed E-state index contributed by atoms with van der Waals surface area (Å²) >= 11 is 1.65. The van der Waals surface area contributed by atoms with E-state index in [1.807, 2.05) is 37.3 Å². The number of urea groups is 1. The Bertz CT molecular complexity index is 1290. The number of benzene rings is 2. The third-order valence-electron chi connectivity index (χ3n) is 6.61. The molecule has 3 aromatic rings. The van der Waals surface area contributed by atoms with Gasteiger partial charge < -0.3 is 38.8 Å². The molecule has 0 spiro atoms. The van der Waals surface area contributed by atoms with E-state index in [-0.39, 0.29) is 12.5 Å². The third-order valence-corrected chi connectivity index (χ3v) is 7.59. The molecule has 2 aromatic carbocycles. The molecule has 0 aliphatic carbocycles. The van der Waals surface area contributed by atoms with Gasteiger partial charge in [0, 0.05) is 60.4 Å². The van der Waals surface area contributed by atoms with Gasteiger partial charge in [-0.15, -0.1) is 11.3 Å². The van der Waals surface area contributed by atoms with Crippen molar-refractivity contribution in [3.05, 3.63) is 63.8 Å². The summed E-state index contributed by atoms with van der Waals surface area (Å²) in [6.07, 6.45) is 1.18. The highest BCUT2D eigenvalue weighted by molar-refractivity contribution is 7.11. The SMILES string of the molecule is COCCCN(CC(=O)N(CCc1ccc(OC)c(OC)c1)Cc1ccc(C)s1)C(=O)Nc1cc(OC)cc(OC)c1. The fourth-order valence-corrected chi connectivity index (χ4v) is 5.25. The first-order valence-corrected chi connectivity index (χ1v) is 14.4. The summed E-state index contributed by atoms with van der Waals surface area (Å²) in [5.74, 6) is 2.21. The molecule has 11 heteroatoms. The van der Waals surface area contributed by atoms with Gasteiger partial charge in [-0.1, -0.05) is 6.07 Å². The monoisotopic (exact) mass is 599 g/mol. The van der Waals surface area contributed by atoms with Gasteiger partial charge in [-0.2, -0.15) is 0 Å². The highest BCUT2D eigenvalue weighted by Crippen LogP contribution is 2.28. The Hall–Kier alpha value is -3.96. The second-order valence-corrected chi connectivity index (χ2v) is 10.9. The topological polar surface area (TPSA) is 98.8 Å². The molecule has 3 amide bonds. The molecule has 1 heterocycles. The van der Waals surface area contributed by atoms with E-state index < -0.39 is 6.03 Å². The number of nitrogens with zero attached hydrogens (tertiary/aromatic N) is 2. The Morgan fingerprint density at radius 1 is 0.810 bits per heavy atom. The van der Waals surface area contributed by atoms with E-state index in [1.165, 1.54) is 9.78 Å².